The van der Waals surface area contributed by atoms with Crippen LogP contribution in [0.25, 0.3) is 0 Å². The largest absolute Gasteiger partial charge is 0.479 e. The summed E-state index contributed by atoms with van der Waals surface area (Å²) in [5.74, 6) is -1.13. The lowest BCUT2D eigenvalue weighted by Gasteiger charge is -2.17. The maximum atomic E-state index is 13.0. The van der Waals surface area contributed by atoms with Crippen LogP contribution in [0.15, 0.2) is 58.3 Å². The summed E-state index contributed by atoms with van der Waals surface area (Å²) in [5.41, 5.74) is -1.25. The van der Waals surface area contributed by atoms with Crippen molar-refractivity contribution in [3.63, 3.8) is 0 Å². The summed E-state index contributed by atoms with van der Waals surface area (Å²) in [4.78, 5) is 11.3. The maximum Gasteiger partial charge on any atom is 0.417 e. The van der Waals surface area contributed by atoms with Crippen LogP contribution < -0.4 is 4.74 Å². The van der Waals surface area contributed by atoms with Gasteiger partial charge in [0.1, 0.15) is 5.75 Å². The van der Waals surface area contributed by atoms with Gasteiger partial charge in [-0.05, 0) is 43.3 Å². The number of hydrogen-bond donors (Lipinski definition) is 4. The summed E-state index contributed by atoms with van der Waals surface area (Å²) < 4.78 is 69.2. The fourth-order valence-corrected chi connectivity index (χ4v) is 4.25. The lowest BCUT2D eigenvalue weighted by Crippen LogP contribution is -2.32. The minimum absolute atomic E-state index is 0.0694. The number of carboxylic acids is 1. The number of carbonyl (C=O) groups is 1. The van der Waals surface area contributed by atoms with E-state index in [0.29, 0.717) is 25.7 Å². The normalized spacial score (nSPS) is 12.6. The third-order valence-corrected chi connectivity index (χ3v) is 6.35. The molecule has 0 heterocycles. The van der Waals surface area contributed by atoms with Crippen molar-refractivity contribution in [3.05, 3.63) is 54.1 Å². The summed E-state index contributed by atoms with van der Waals surface area (Å²) >= 11 is 0. The molecule has 0 spiro atoms. The number of carboxylic acid groups (broad SMARTS) is 1. The molecule has 9 nitrogen and oxygen atoms in total. The van der Waals surface area contributed by atoms with Crippen molar-refractivity contribution in [2.45, 2.75) is 29.0 Å². The number of benzene rings is 2. The first-order valence-electron chi connectivity index (χ1n) is 10.3. The monoisotopic (exact) mass is 523 g/mol. The van der Waals surface area contributed by atoms with E-state index < -0.39 is 38.5 Å². The number of aliphatic carboxylic acids is 1. The smallest absolute Gasteiger partial charge is 0.417 e. The quantitative estimate of drug-likeness (QED) is 0.346. The van der Waals surface area contributed by atoms with Crippen LogP contribution in [0.2, 0.25) is 0 Å². The molecule has 0 saturated heterocycles. The molecule has 0 fully saturated rings. The SMILES string of the molecule is CC(Oc1ccc(S(=O)(=O)c2ccccc2C(F)(F)F)cc1)C(=O)O.OCCN(CCO)CCO. The maximum absolute atomic E-state index is 13.0. The molecule has 0 saturated carbocycles. The van der Waals surface area contributed by atoms with Gasteiger partial charge in [0.15, 0.2) is 6.10 Å². The summed E-state index contributed by atoms with van der Waals surface area (Å²) in [7, 11) is -4.41. The van der Waals surface area contributed by atoms with Crippen LogP contribution in [-0.4, -0.2) is 85.3 Å². The van der Waals surface area contributed by atoms with E-state index in [1.54, 1.807) is 4.90 Å². The Morgan fingerprint density at radius 2 is 1.43 bits per heavy atom. The van der Waals surface area contributed by atoms with Crippen molar-refractivity contribution in [1.29, 1.82) is 0 Å². The molecule has 0 aliphatic heterocycles. The number of aliphatic hydroxyl groups excluding tert-OH is 3. The van der Waals surface area contributed by atoms with Gasteiger partial charge in [0.25, 0.3) is 0 Å². The molecule has 196 valence electrons. The number of alkyl halides is 3. The predicted molar refractivity (Wildman–Crippen MR) is 119 cm³/mol. The lowest BCUT2D eigenvalue weighted by atomic mass is 10.2. The van der Waals surface area contributed by atoms with Crippen LogP contribution in [-0.2, 0) is 20.8 Å². The van der Waals surface area contributed by atoms with Gasteiger partial charge in [-0.2, -0.15) is 13.2 Å². The van der Waals surface area contributed by atoms with Gasteiger partial charge in [-0.3, -0.25) is 4.90 Å². The fraction of sp³-hybridized carbons (Fsp3) is 0.409. The highest BCUT2D eigenvalue weighted by atomic mass is 32.2. The fourth-order valence-electron chi connectivity index (χ4n) is 2.77. The van der Waals surface area contributed by atoms with E-state index in [4.69, 9.17) is 25.2 Å². The number of ether oxygens (including phenoxy) is 1. The Kier molecular flexibility index (Phi) is 12.1. The van der Waals surface area contributed by atoms with Crippen molar-refractivity contribution in [2.75, 3.05) is 39.5 Å². The van der Waals surface area contributed by atoms with Gasteiger partial charge in [-0.25, -0.2) is 13.2 Å². The van der Waals surface area contributed by atoms with E-state index in [0.717, 1.165) is 24.3 Å². The average Bonchev–Trinajstić information content (AvgIpc) is 2.80. The molecule has 0 amide bonds. The van der Waals surface area contributed by atoms with Crippen molar-refractivity contribution < 1.29 is 51.5 Å². The van der Waals surface area contributed by atoms with Crippen LogP contribution in [0.1, 0.15) is 12.5 Å². The van der Waals surface area contributed by atoms with Crippen LogP contribution in [0.3, 0.4) is 0 Å². The van der Waals surface area contributed by atoms with Crippen LogP contribution >= 0.6 is 0 Å². The third-order valence-electron chi connectivity index (χ3n) is 4.53. The van der Waals surface area contributed by atoms with Crippen LogP contribution in [0, 0.1) is 0 Å². The molecule has 13 heteroatoms. The molecule has 0 aliphatic rings. The first-order valence-corrected chi connectivity index (χ1v) is 11.8. The van der Waals surface area contributed by atoms with Crippen molar-refractivity contribution in [1.82, 2.24) is 4.90 Å². The number of sulfone groups is 1. The first kappa shape index (κ1) is 30.3. The van der Waals surface area contributed by atoms with E-state index in [1.807, 2.05) is 0 Å². The van der Waals surface area contributed by atoms with E-state index in [1.165, 1.54) is 25.1 Å². The molecule has 0 aliphatic carbocycles. The zero-order valence-electron chi connectivity index (χ0n) is 18.8. The van der Waals surface area contributed by atoms with Crippen LogP contribution in [0.5, 0.6) is 5.75 Å². The van der Waals surface area contributed by atoms with Gasteiger partial charge in [-0.15, -0.1) is 0 Å². The number of hydrogen-bond acceptors (Lipinski definition) is 8. The van der Waals surface area contributed by atoms with Crippen molar-refractivity contribution in [3.8, 4) is 5.75 Å². The highest BCUT2D eigenvalue weighted by Gasteiger charge is 2.37. The molecule has 2 aromatic rings. The highest BCUT2D eigenvalue weighted by molar-refractivity contribution is 7.91. The Morgan fingerprint density at radius 3 is 1.86 bits per heavy atom. The number of aliphatic hydroxyl groups is 3. The summed E-state index contributed by atoms with van der Waals surface area (Å²) in [6.45, 7) is 3.04. The van der Waals surface area contributed by atoms with Crippen molar-refractivity contribution >= 4 is 15.8 Å². The van der Waals surface area contributed by atoms with Crippen molar-refractivity contribution in [2.24, 2.45) is 0 Å². The molecule has 0 aromatic heterocycles. The molecule has 1 atom stereocenters. The minimum atomic E-state index is -4.82. The summed E-state index contributed by atoms with van der Waals surface area (Å²) in [6, 6.07) is 8.37. The van der Waals surface area contributed by atoms with E-state index >= 15 is 0 Å². The second-order valence-corrected chi connectivity index (χ2v) is 9.00. The summed E-state index contributed by atoms with van der Waals surface area (Å²) in [5, 5.41) is 34.2. The molecule has 4 N–H and O–H groups in total. The molecular formula is C22H28F3NO8S. The van der Waals surface area contributed by atoms with E-state index in [9.17, 15) is 26.4 Å². The second-order valence-electron chi connectivity index (χ2n) is 7.08. The van der Waals surface area contributed by atoms with E-state index in [2.05, 4.69) is 0 Å². The molecule has 2 aromatic carbocycles. The number of nitrogens with zero attached hydrogens (tertiary/aromatic N) is 1. The Hall–Kier alpha value is -2.71. The average molecular weight is 524 g/mol. The Bertz CT molecular complexity index is 1020. The van der Waals surface area contributed by atoms with Gasteiger partial charge < -0.3 is 25.2 Å². The molecule has 1 unspecified atom stereocenters. The standard InChI is InChI=1S/C16H13F3O5S.C6H15NO3/c1-10(15(20)21)24-11-6-8-12(9-7-11)25(22,23)14-5-3-2-4-13(14)16(17,18)19;8-4-1-7(2-5-9)3-6-10/h2-10H,1H3,(H,20,21);8-10H,1-6H2. The summed E-state index contributed by atoms with van der Waals surface area (Å²) in [6.07, 6.45) is -5.97. The minimum Gasteiger partial charge on any atom is -0.479 e. The highest BCUT2D eigenvalue weighted by Crippen LogP contribution is 2.36. The Labute approximate surface area is 200 Å². The van der Waals surface area contributed by atoms with Gasteiger partial charge in [0.05, 0.1) is 35.2 Å². The molecule has 35 heavy (non-hydrogen) atoms. The Balaban J connectivity index is 0.000000518. The third kappa shape index (κ3) is 9.45. The number of halogens is 3. The predicted octanol–water partition coefficient (Wildman–Crippen LogP) is 1.66. The van der Waals surface area contributed by atoms with Gasteiger partial charge >= 0.3 is 12.1 Å². The zero-order valence-corrected chi connectivity index (χ0v) is 19.7. The van der Waals surface area contributed by atoms with Gasteiger partial charge in [0, 0.05) is 19.6 Å². The topological polar surface area (TPSA) is 145 Å². The van der Waals surface area contributed by atoms with Gasteiger partial charge in [-0.1, -0.05) is 12.1 Å². The lowest BCUT2D eigenvalue weighted by molar-refractivity contribution is -0.144. The molecule has 0 bridgehead atoms. The molecule has 0 radical (unpaired) electrons. The van der Waals surface area contributed by atoms with E-state index in [-0.39, 0.29) is 30.5 Å². The van der Waals surface area contributed by atoms with Crippen LogP contribution in [0.4, 0.5) is 13.2 Å². The Morgan fingerprint density at radius 1 is 0.943 bits per heavy atom. The second kappa shape index (κ2) is 14.0. The zero-order chi connectivity index (χ0) is 26.6. The first-order chi connectivity index (χ1) is 16.4. The number of rotatable bonds is 11. The molecule has 2 rings (SSSR count). The van der Waals surface area contributed by atoms with Gasteiger partial charge in [0.2, 0.25) is 9.84 Å². The molecular weight excluding hydrogens is 495 g/mol.